The number of aryl methyl sites for hydroxylation is 3. The van der Waals surface area contributed by atoms with Crippen molar-refractivity contribution in [2.45, 2.75) is 52.0 Å². The van der Waals surface area contributed by atoms with Crippen molar-refractivity contribution in [3.8, 4) is 0 Å². The smallest absolute Gasteiger partial charge is 0.0897 e. The maximum absolute atomic E-state index is 4.52. The standard InChI is InChI=1S/C18H24N2S/c1-13(19-10-9-18-12-21-14(2)20-18)16-8-7-15-5-3-4-6-17(15)11-16/h7-8,11-13,19H,3-6,9-10H2,1-2H3. The van der Waals surface area contributed by atoms with Crippen LogP contribution in [0.1, 0.15) is 53.2 Å². The van der Waals surface area contributed by atoms with Crippen LogP contribution in [0.25, 0.3) is 0 Å². The molecule has 2 nitrogen and oxygen atoms in total. The summed E-state index contributed by atoms with van der Waals surface area (Å²) in [7, 11) is 0. The van der Waals surface area contributed by atoms with Crippen LogP contribution in [0.15, 0.2) is 23.6 Å². The van der Waals surface area contributed by atoms with Gasteiger partial charge < -0.3 is 5.32 Å². The summed E-state index contributed by atoms with van der Waals surface area (Å²) in [5.74, 6) is 0. The molecule has 112 valence electrons. The van der Waals surface area contributed by atoms with Gasteiger partial charge in [-0.25, -0.2) is 4.98 Å². The quantitative estimate of drug-likeness (QED) is 0.894. The van der Waals surface area contributed by atoms with E-state index in [1.165, 1.54) is 36.9 Å². The van der Waals surface area contributed by atoms with Gasteiger partial charge in [-0.1, -0.05) is 18.2 Å². The number of benzene rings is 1. The summed E-state index contributed by atoms with van der Waals surface area (Å²) >= 11 is 1.74. The summed E-state index contributed by atoms with van der Waals surface area (Å²) in [6, 6.07) is 7.47. The number of rotatable bonds is 5. The molecule has 0 radical (unpaired) electrons. The fraction of sp³-hybridized carbons (Fsp3) is 0.500. The summed E-state index contributed by atoms with van der Waals surface area (Å²) in [6.45, 7) is 5.32. The maximum Gasteiger partial charge on any atom is 0.0897 e. The third kappa shape index (κ3) is 3.72. The second-order valence-corrected chi connectivity index (χ2v) is 7.08. The Morgan fingerprint density at radius 1 is 1.24 bits per heavy atom. The molecule has 3 heteroatoms. The first kappa shape index (κ1) is 14.7. The third-order valence-electron chi connectivity index (χ3n) is 4.37. The van der Waals surface area contributed by atoms with Crippen LogP contribution in [0.2, 0.25) is 0 Å². The second-order valence-electron chi connectivity index (χ2n) is 6.02. The molecule has 1 heterocycles. The van der Waals surface area contributed by atoms with Crippen molar-refractivity contribution >= 4 is 11.3 Å². The van der Waals surface area contributed by atoms with Gasteiger partial charge in [-0.3, -0.25) is 0 Å². The minimum Gasteiger partial charge on any atom is -0.310 e. The largest absolute Gasteiger partial charge is 0.310 e. The van der Waals surface area contributed by atoms with Crippen molar-refractivity contribution in [1.29, 1.82) is 0 Å². The number of hydrogen-bond donors (Lipinski definition) is 1. The number of fused-ring (bicyclic) bond motifs is 1. The van der Waals surface area contributed by atoms with Crippen LogP contribution >= 0.6 is 11.3 Å². The van der Waals surface area contributed by atoms with Crippen molar-refractivity contribution in [2.24, 2.45) is 0 Å². The molecule has 3 rings (SSSR count). The number of nitrogens with zero attached hydrogens (tertiary/aromatic N) is 1. The first-order valence-electron chi connectivity index (χ1n) is 7.98. The molecule has 1 aromatic heterocycles. The van der Waals surface area contributed by atoms with Crippen molar-refractivity contribution in [1.82, 2.24) is 10.3 Å². The average molecular weight is 300 g/mol. The van der Waals surface area contributed by atoms with Crippen molar-refractivity contribution in [3.63, 3.8) is 0 Å². The molecule has 0 bridgehead atoms. The first-order valence-corrected chi connectivity index (χ1v) is 8.86. The van der Waals surface area contributed by atoms with Crippen LogP contribution in [0.3, 0.4) is 0 Å². The number of aromatic nitrogens is 1. The molecule has 1 aliphatic rings. The number of thiazole rings is 1. The highest BCUT2D eigenvalue weighted by Crippen LogP contribution is 2.24. The number of nitrogens with one attached hydrogen (secondary N) is 1. The molecular weight excluding hydrogens is 276 g/mol. The van der Waals surface area contributed by atoms with E-state index >= 15 is 0 Å². The minimum atomic E-state index is 0.414. The summed E-state index contributed by atoms with van der Waals surface area (Å²) in [6.07, 6.45) is 6.24. The Morgan fingerprint density at radius 2 is 2.05 bits per heavy atom. The lowest BCUT2D eigenvalue weighted by atomic mass is 9.89. The molecule has 2 aromatic rings. The molecule has 0 saturated carbocycles. The van der Waals surface area contributed by atoms with E-state index in [1.807, 2.05) is 0 Å². The van der Waals surface area contributed by atoms with Gasteiger partial charge in [-0.2, -0.15) is 0 Å². The minimum absolute atomic E-state index is 0.414. The lowest BCUT2D eigenvalue weighted by Crippen LogP contribution is -2.22. The van der Waals surface area contributed by atoms with E-state index in [0.29, 0.717) is 6.04 Å². The number of hydrogen-bond acceptors (Lipinski definition) is 3. The molecule has 0 aliphatic heterocycles. The Hall–Kier alpha value is -1.19. The maximum atomic E-state index is 4.52. The van der Waals surface area contributed by atoms with E-state index in [4.69, 9.17) is 0 Å². The van der Waals surface area contributed by atoms with Gasteiger partial charge in [-0.15, -0.1) is 11.3 Å². The van der Waals surface area contributed by atoms with Crippen LogP contribution in [0.4, 0.5) is 0 Å². The van der Waals surface area contributed by atoms with Gasteiger partial charge in [0.15, 0.2) is 0 Å². The van der Waals surface area contributed by atoms with Crippen LogP contribution in [0, 0.1) is 6.92 Å². The molecular formula is C18H24N2S. The van der Waals surface area contributed by atoms with Gasteiger partial charge in [0.2, 0.25) is 0 Å². The third-order valence-corrected chi connectivity index (χ3v) is 5.19. The monoisotopic (exact) mass is 300 g/mol. The lowest BCUT2D eigenvalue weighted by Gasteiger charge is -2.20. The summed E-state index contributed by atoms with van der Waals surface area (Å²) in [4.78, 5) is 4.52. The van der Waals surface area contributed by atoms with Gasteiger partial charge in [-0.05, 0) is 56.2 Å². The van der Waals surface area contributed by atoms with E-state index in [0.717, 1.165) is 18.0 Å². The molecule has 0 amide bonds. The Morgan fingerprint density at radius 3 is 2.81 bits per heavy atom. The normalized spacial score (nSPS) is 15.7. The van der Waals surface area contributed by atoms with Crippen molar-refractivity contribution in [2.75, 3.05) is 6.54 Å². The SMILES string of the molecule is Cc1nc(CCNC(C)c2ccc3c(c2)CCCC3)cs1. The molecule has 0 saturated heterocycles. The summed E-state index contributed by atoms with van der Waals surface area (Å²) < 4.78 is 0. The zero-order valence-corrected chi connectivity index (χ0v) is 13.8. The van der Waals surface area contributed by atoms with Crippen molar-refractivity contribution in [3.05, 3.63) is 51.0 Å². The van der Waals surface area contributed by atoms with E-state index in [-0.39, 0.29) is 0 Å². The molecule has 0 fully saturated rings. The fourth-order valence-electron chi connectivity index (χ4n) is 3.08. The van der Waals surface area contributed by atoms with Gasteiger partial charge in [0.1, 0.15) is 0 Å². The Labute approximate surface area is 131 Å². The molecule has 0 spiro atoms. The zero-order chi connectivity index (χ0) is 14.7. The van der Waals surface area contributed by atoms with Gasteiger partial charge in [0.05, 0.1) is 10.7 Å². The molecule has 1 N–H and O–H groups in total. The zero-order valence-electron chi connectivity index (χ0n) is 13.0. The topological polar surface area (TPSA) is 24.9 Å². The van der Waals surface area contributed by atoms with E-state index in [9.17, 15) is 0 Å². The second kappa shape index (κ2) is 6.71. The highest BCUT2D eigenvalue weighted by molar-refractivity contribution is 7.09. The van der Waals surface area contributed by atoms with Crippen LogP contribution in [-0.4, -0.2) is 11.5 Å². The molecule has 1 aliphatic carbocycles. The van der Waals surface area contributed by atoms with Gasteiger partial charge in [0, 0.05) is 24.4 Å². The van der Waals surface area contributed by atoms with Crippen LogP contribution in [0.5, 0.6) is 0 Å². The Bertz CT molecular complexity index is 603. The predicted octanol–water partition coefficient (Wildman–Crippen LogP) is 4.22. The highest BCUT2D eigenvalue weighted by atomic mass is 32.1. The Balaban J connectivity index is 1.56. The molecule has 21 heavy (non-hydrogen) atoms. The van der Waals surface area contributed by atoms with Crippen LogP contribution < -0.4 is 5.32 Å². The molecule has 1 atom stereocenters. The van der Waals surface area contributed by atoms with Crippen molar-refractivity contribution < 1.29 is 0 Å². The summed E-state index contributed by atoms with van der Waals surface area (Å²) in [5.41, 5.74) is 5.77. The highest BCUT2D eigenvalue weighted by Gasteiger charge is 2.12. The van der Waals surface area contributed by atoms with E-state index in [2.05, 4.69) is 47.7 Å². The summed E-state index contributed by atoms with van der Waals surface area (Å²) in [5, 5.41) is 6.96. The van der Waals surface area contributed by atoms with Crippen LogP contribution in [-0.2, 0) is 19.3 Å². The molecule has 1 aromatic carbocycles. The average Bonchev–Trinajstić information content (AvgIpc) is 2.92. The Kier molecular flexibility index (Phi) is 4.71. The predicted molar refractivity (Wildman–Crippen MR) is 90.1 cm³/mol. The lowest BCUT2D eigenvalue weighted by molar-refractivity contribution is 0.572. The fourth-order valence-corrected chi connectivity index (χ4v) is 3.73. The van der Waals surface area contributed by atoms with E-state index < -0.39 is 0 Å². The van der Waals surface area contributed by atoms with Gasteiger partial charge >= 0.3 is 0 Å². The van der Waals surface area contributed by atoms with E-state index in [1.54, 1.807) is 22.5 Å². The first-order chi connectivity index (χ1) is 10.2. The van der Waals surface area contributed by atoms with Gasteiger partial charge in [0.25, 0.3) is 0 Å². The molecule has 1 unspecified atom stereocenters.